The van der Waals surface area contributed by atoms with E-state index in [-0.39, 0.29) is 0 Å². The van der Waals surface area contributed by atoms with Crippen LogP contribution >= 0.6 is 34.2 Å². The van der Waals surface area contributed by atoms with Crippen LogP contribution in [0.4, 0.5) is 0 Å². The zero-order valence-corrected chi connectivity index (χ0v) is 15.7. The summed E-state index contributed by atoms with van der Waals surface area (Å²) in [5.74, 6) is 0. The molecular weight excluding hydrogens is 435 g/mol. The number of benzene rings is 2. The first-order valence-corrected chi connectivity index (χ1v) is 8.81. The van der Waals surface area contributed by atoms with Gasteiger partial charge in [0.2, 0.25) is 0 Å². The molecule has 4 aromatic rings. The van der Waals surface area contributed by atoms with Gasteiger partial charge < -0.3 is 0 Å². The third-order valence-electron chi connectivity index (χ3n) is 3.85. The summed E-state index contributed by atoms with van der Waals surface area (Å²) in [5.41, 5.74) is 4.11. The summed E-state index contributed by atoms with van der Waals surface area (Å²) >= 11 is 9.00. The van der Waals surface area contributed by atoms with Gasteiger partial charge in [-0.1, -0.05) is 54.1 Å². The molecule has 0 atom stereocenters. The number of fused-ring (bicyclic) bond motifs is 1. The fourth-order valence-electron chi connectivity index (χ4n) is 2.68. The molecule has 4 rings (SSSR count). The highest BCUT2D eigenvalue weighted by atomic mass is 127. The quantitative estimate of drug-likeness (QED) is 0.409. The van der Waals surface area contributed by atoms with E-state index in [4.69, 9.17) is 11.6 Å². The fraction of sp³-hybridized carbons (Fsp3) is 0.0556. The van der Waals surface area contributed by atoms with Crippen molar-refractivity contribution in [3.8, 4) is 22.5 Å². The fourth-order valence-corrected chi connectivity index (χ4v) is 3.36. The molecule has 0 fully saturated rings. The highest BCUT2D eigenvalue weighted by Crippen LogP contribution is 2.36. The summed E-state index contributed by atoms with van der Waals surface area (Å²) < 4.78 is 2.89. The molecule has 0 amide bonds. The lowest BCUT2D eigenvalue weighted by Gasteiger charge is -2.05. The molecule has 2 heterocycles. The minimum Gasteiger partial charge on any atom is -0.248 e. The van der Waals surface area contributed by atoms with Crippen molar-refractivity contribution in [1.29, 1.82) is 0 Å². The Morgan fingerprint density at radius 2 is 1.54 bits per heavy atom. The normalized spacial score (nSPS) is 11.1. The predicted octanol–water partition coefficient (Wildman–Crippen LogP) is 4.96. The maximum Gasteiger partial charge on any atom is 0.182 e. The van der Waals surface area contributed by atoms with Crippen molar-refractivity contribution < 1.29 is 0 Å². The minimum absolute atomic E-state index is 0.577. The van der Waals surface area contributed by atoms with Gasteiger partial charge in [-0.15, -0.1) is 10.2 Å². The van der Waals surface area contributed by atoms with E-state index in [1.165, 1.54) is 3.57 Å². The molecule has 0 spiro atoms. The summed E-state index contributed by atoms with van der Waals surface area (Å²) in [6, 6.07) is 18.0. The van der Waals surface area contributed by atoms with E-state index >= 15 is 0 Å². The van der Waals surface area contributed by atoms with Crippen LogP contribution < -0.4 is 0 Å². The molecule has 118 valence electrons. The number of hydrogen-bond donors (Lipinski definition) is 0. The lowest BCUT2D eigenvalue weighted by molar-refractivity contribution is 0.781. The van der Waals surface area contributed by atoms with Crippen molar-refractivity contribution >= 4 is 45.2 Å². The van der Waals surface area contributed by atoms with Crippen LogP contribution in [0.15, 0.2) is 54.6 Å². The van der Waals surface area contributed by atoms with Crippen molar-refractivity contribution in [3.63, 3.8) is 0 Å². The molecule has 0 aliphatic heterocycles. The Morgan fingerprint density at radius 1 is 0.875 bits per heavy atom. The highest BCUT2D eigenvalue weighted by Gasteiger charge is 2.19. The molecule has 0 N–H and O–H groups in total. The van der Waals surface area contributed by atoms with Crippen LogP contribution in [0.5, 0.6) is 0 Å². The first-order chi connectivity index (χ1) is 11.6. The topological polar surface area (TPSA) is 43.6 Å². The largest absolute Gasteiger partial charge is 0.248 e. The van der Waals surface area contributed by atoms with Gasteiger partial charge in [-0.2, -0.15) is 5.10 Å². The molecule has 0 bridgehead atoms. The minimum atomic E-state index is 0.577. The number of hydrogen-bond acceptors (Lipinski definition) is 3. The van der Waals surface area contributed by atoms with Gasteiger partial charge >= 0.3 is 0 Å². The summed E-state index contributed by atoms with van der Waals surface area (Å²) in [4.78, 5) is 0. The molecule has 24 heavy (non-hydrogen) atoms. The van der Waals surface area contributed by atoms with E-state index in [1.54, 1.807) is 4.68 Å². The third-order valence-corrected chi connectivity index (χ3v) is 4.94. The van der Waals surface area contributed by atoms with Gasteiger partial charge in [0.15, 0.2) is 5.65 Å². The van der Waals surface area contributed by atoms with Crippen LogP contribution in [-0.2, 0) is 7.05 Å². The molecule has 2 aromatic carbocycles. The molecule has 0 saturated heterocycles. The van der Waals surface area contributed by atoms with Crippen molar-refractivity contribution in [1.82, 2.24) is 20.0 Å². The smallest absolute Gasteiger partial charge is 0.182 e. The standard InChI is InChI=1S/C18H12ClIN4/c1-24-18-14(16(23-24)12-7-9-13(20)10-8-12)15(19)17(21-22-18)11-5-3-2-4-6-11/h2-10H,1H3. The molecular formula is C18H12ClIN4. The third kappa shape index (κ3) is 2.57. The van der Waals surface area contributed by atoms with E-state index in [0.717, 1.165) is 22.2 Å². The van der Waals surface area contributed by atoms with E-state index in [2.05, 4.69) is 50.0 Å². The van der Waals surface area contributed by atoms with Gasteiger partial charge in [0, 0.05) is 21.7 Å². The molecule has 0 unspecified atom stereocenters. The van der Waals surface area contributed by atoms with Crippen molar-refractivity contribution in [2.75, 3.05) is 0 Å². The van der Waals surface area contributed by atoms with Crippen LogP contribution in [0.3, 0.4) is 0 Å². The van der Waals surface area contributed by atoms with E-state index in [9.17, 15) is 0 Å². The second-order valence-corrected chi connectivity index (χ2v) is 7.03. The lowest BCUT2D eigenvalue weighted by atomic mass is 10.1. The van der Waals surface area contributed by atoms with Crippen molar-refractivity contribution in [2.45, 2.75) is 0 Å². The zero-order valence-electron chi connectivity index (χ0n) is 12.7. The molecule has 0 radical (unpaired) electrons. The number of halogens is 2. The van der Waals surface area contributed by atoms with Crippen LogP contribution in [0, 0.1) is 3.57 Å². The summed E-state index contributed by atoms with van der Waals surface area (Å²) in [5, 5.41) is 14.7. The first-order valence-electron chi connectivity index (χ1n) is 7.35. The second-order valence-electron chi connectivity index (χ2n) is 5.41. The van der Waals surface area contributed by atoms with Crippen LogP contribution in [0.1, 0.15) is 0 Å². The Kier molecular flexibility index (Phi) is 3.97. The van der Waals surface area contributed by atoms with Gasteiger partial charge in [0.1, 0.15) is 11.4 Å². The second kappa shape index (κ2) is 6.14. The zero-order chi connectivity index (χ0) is 16.7. The van der Waals surface area contributed by atoms with Crippen LogP contribution in [0.25, 0.3) is 33.5 Å². The van der Waals surface area contributed by atoms with E-state index in [1.807, 2.05) is 49.5 Å². The predicted molar refractivity (Wildman–Crippen MR) is 105 cm³/mol. The molecule has 0 aliphatic carbocycles. The Bertz CT molecular complexity index is 1030. The Hall–Kier alpha value is -1.99. The van der Waals surface area contributed by atoms with Crippen molar-refractivity contribution in [2.24, 2.45) is 7.05 Å². The summed E-state index contributed by atoms with van der Waals surface area (Å²) in [6.45, 7) is 0. The molecule has 6 heteroatoms. The SMILES string of the molecule is Cn1nc(-c2ccc(I)cc2)c2c(Cl)c(-c3ccccc3)nnc21. The summed E-state index contributed by atoms with van der Waals surface area (Å²) in [6.07, 6.45) is 0. The molecule has 0 saturated carbocycles. The van der Waals surface area contributed by atoms with Crippen LogP contribution in [0.2, 0.25) is 5.02 Å². The molecule has 4 nitrogen and oxygen atoms in total. The maximum absolute atomic E-state index is 6.72. The maximum atomic E-state index is 6.72. The number of aryl methyl sites for hydroxylation is 1. The van der Waals surface area contributed by atoms with Gasteiger partial charge in [0.05, 0.1) is 10.4 Å². The lowest BCUT2D eigenvalue weighted by Crippen LogP contribution is -1.95. The van der Waals surface area contributed by atoms with Gasteiger partial charge in [0.25, 0.3) is 0 Å². The van der Waals surface area contributed by atoms with Crippen molar-refractivity contribution in [3.05, 3.63) is 63.2 Å². The molecule has 2 aromatic heterocycles. The van der Waals surface area contributed by atoms with Crippen LogP contribution in [-0.4, -0.2) is 20.0 Å². The molecule has 0 aliphatic rings. The van der Waals surface area contributed by atoms with E-state index in [0.29, 0.717) is 16.4 Å². The average molecular weight is 447 g/mol. The first kappa shape index (κ1) is 15.5. The van der Waals surface area contributed by atoms with Gasteiger partial charge in [-0.3, -0.25) is 0 Å². The summed E-state index contributed by atoms with van der Waals surface area (Å²) in [7, 11) is 1.85. The average Bonchev–Trinajstić information content (AvgIpc) is 2.94. The number of rotatable bonds is 2. The number of nitrogens with zero attached hydrogens (tertiary/aromatic N) is 4. The highest BCUT2D eigenvalue weighted by molar-refractivity contribution is 14.1. The van der Waals surface area contributed by atoms with Gasteiger partial charge in [-0.05, 0) is 34.7 Å². The number of aromatic nitrogens is 4. The Balaban J connectivity index is 2.00. The van der Waals surface area contributed by atoms with E-state index < -0.39 is 0 Å². The van der Waals surface area contributed by atoms with Gasteiger partial charge in [-0.25, -0.2) is 4.68 Å². The monoisotopic (exact) mass is 446 g/mol. The Morgan fingerprint density at radius 3 is 2.25 bits per heavy atom. The Labute approximate surface area is 157 Å².